The predicted octanol–water partition coefficient (Wildman–Crippen LogP) is -1.61. The maximum atomic E-state index is 11.9. The number of aliphatic hydroxyl groups excluding tert-OH is 3. The lowest BCUT2D eigenvalue weighted by atomic mass is 10.1. The Morgan fingerprint density at radius 3 is 2.74 bits per heavy atom. The number of aromatic amines is 1. The van der Waals surface area contributed by atoms with Crippen molar-refractivity contribution in [1.29, 1.82) is 0 Å². The first-order valence-corrected chi connectivity index (χ1v) is 6.97. The molecule has 1 saturated heterocycles. The molecule has 126 valence electrons. The summed E-state index contributed by atoms with van der Waals surface area (Å²) < 4.78 is 6.23. The zero-order valence-corrected chi connectivity index (χ0v) is 12.1. The molecule has 4 atom stereocenters. The molecule has 2 rings (SSSR count). The van der Waals surface area contributed by atoms with Crippen LogP contribution in [0.1, 0.15) is 18.2 Å². The minimum absolute atomic E-state index is 0.197. The fourth-order valence-electron chi connectivity index (χ4n) is 2.39. The van der Waals surface area contributed by atoms with E-state index in [1.165, 1.54) is 6.20 Å². The number of aliphatic hydroxyl groups is 3. The lowest BCUT2D eigenvalue weighted by Gasteiger charge is -2.17. The van der Waals surface area contributed by atoms with E-state index >= 15 is 0 Å². The topological polar surface area (TPSA) is 174 Å². The Labute approximate surface area is 129 Å². The van der Waals surface area contributed by atoms with E-state index in [4.69, 9.17) is 15.4 Å². The SMILES string of the molecule is [N-]=[N+]=NCCCc1cn([C@@H]2O[C@H](CO)[C@@H](O)[C@H]2O)c(=O)[nH]c1=O. The van der Waals surface area contributed by atoms with E-state index in [2.05, 4.69) is 15.0 Å². The van der Waals surface area contributed by atoms with Crippen molar-refractivity contribution in [1.82, 2.24) is 9.55 Å². The number of hydrogen-bond acceptors (Lipinski definition) is 7. The lowest BCUT2D eigenvalue weighted by Crippen LogP contribution is -2.38. The number of nitrogens with zero attached hydrogens (tertiary/aromatic N) is 4. The van der Waals surface area contributed by atoms with Crippen LogP contribution in [0.3, 0.4) is 0 Å². The number of hydrogen-bond donors (Lipinski definition) is 4. The van der Waals surface area contributed by atoms with E-state index in [1.54, 1.807) is 0 Å². The number of ether oxygens (including phenoxy) is 1. The van der Waals surface area contributed by atoms with Crippen LogP contribution >= 0.6 is 0 Å². The standard InChI is InChI=1S/C12H17N5O6/c13-16-14-3-1-2-6-4-17(12(22)15-10(6)21)11-9(20)8(19)7(5-18)23-11/h4,7-9,11,18-20H,1-3,5H2,(H,15,21,22)/t7-,8-,9-,11-/m1/s1. The average Bonchev–Trinajstić information content (AvgIpc) is 2.81. The molecule has 23 heavy (non-hydrogen) atoms. The first kappa shape index (κ1) is 17.2. The Hall–Kier alpha value is -2.17. The molecule has 0 amide bonds. The Balaban J connectivity index is 2.27. The highest BCUT2D eigenvalue weighted by molar-refractivity contribution is 5.06. The van der Waals surface area contributed by atoms with Crippen LogP contribution in [0.2, 0.25) is 0 Å². The third kappa shape index (κ3) is 3.60. The summed E-state index contributed by atoms with van der Waals surface area (Å²) in [6.07, 6.45) is -3.13. The summed E-state index contributed by atoms with van der Waals surface area (Å²) >= 11 is 0. The van der Waals surface area contributed by atoms with Crippen LogP contribution in [0.25, 0.3) is 10.4 Å². The summed E-state index contributed by atoms with van der Waals surface area (Å²) in [5.74, 6) is 0. The quantitative estimate of drug-likeness (QED) is 0.212. The molecular formula is C12H17N5O6. The molecule has 4 N–H and O–H groups in total. The Kier molecular flexibility index (Phi) is 5.53. The lowest BCUT2D eigenvalue weighted by molar-refractivity contribution is -0.0551. The molecular weight excluding hydrogens is 310 g/mol. The summed E-state index contributed by atoms with van der Waals surface area (Å²) in [7, 11) is 0. The van der Waals surface area contributed by atoms with Gasteiger partial charge in [0.25, 0.3) is 5.56 Å². The number of rotatable bonds is 6. The highest BCUT2D eigenvalue weighted by atomic mass is 16.6. The molecule has 0 unspecified atom stereocenters. The van der Waals surface area contributed by atoms with Crippen LogP contribution in [-0.2, 0) is 11.2 Å². The minimum Gasteiger partial charge on any atom is -0.394 e. The van der Waals surface area contributed by atoms with Gasteiger partial charge in [-0.15, -0.1) is 0 Å². The molecule has 0 aliphatic carbocycles. The molecule has 0 saturated carbocycles. The van der Waals surface area contributed by atoms with Gasteiger partial charge in [-0.2, -0.15) is 0 Å². The van der Waals surface area contributed by atoms with Gasteiger partial charge in [0.15, 0.2) is 6.23 Å². The molecule has 2 heterocycles. The summed E-state index contributed by atoms with van der Waals surface area (Å²) in [6, 6.07) is 0. The maximum absolute atomic E-state index is 11.9. The summed E-state index contributed by atoms with van der Waals surface area (Å²) in [6.45, 7) is -0.325. The van der Waals surface area contributed by atoms with Crippen LogP contribution in [0.15, 0.2) is 20.9 Å². The smallest absolute Gasteiger partial charge is 0.330 e. The number of azide groups is 1. The molecule has 0 bridgehead atoms. The van der Waals surface area contributed by atoms with E-state index in [1.807, 2.05) is 0 Å². The Morgan fingerprint density at radius 2 is 2.13 bits per heavy atom. The number of aromatic nitrogens is 2. The van der Waals surface area contributed by atoms with Crippen LogP contribution in [0.5, 0.6) is 0 Å². The largest absolute Gasteiger partial charge is 0.394 e. The summed E-state index contributed by atoms with van der Waals surface area (Å²) in [4.78, 5) is 28.4. The van der Waals surface area contributed by atoms with Crippen LogP contribution in [-0.4, -0.2) is 56.3 Å². The third-order valence-corrected chi connectivity index (χ3v) is 3.60. The first-order valence-electron chi connectivity index (χ1n) is 6.97. The third-order valence-electron chi connectivity index (χ3n) is 3.60. The van der Waals surface area contributed by atoms with Gasteiger partial charge in [-0.3, -0.25) is 14.3 Å². The fraction of sp³-hybridized carbons (Fsp3) is 0.667. The number of aryl methyl sites for hydroxylation is 1. The molecule has 1 aliphatic heterocycles. The fourth-order valence-corrected chi connectivity index (χ4v) is 2.39. The van der Waals surface area contributed by atoms with E-state index in [-0.39, 0.29) is 18.5 Å². The predicted molar refractivity (Wildman–Crippen MR) is 76.7 cm³/mol. The van der Waals surface area contributed by atoms with Gasteiger partial charge >= 0.3 is 5.69 Å². The van der Waals surface area contributed by atoms with Crippen molar-refractivity contribution >= 4 is 0 Å². The second-order valence-corrected chi connectivity index (χ2v) is 5.11. The zero-order chi connectivity index (χ0) is 17.0. The van der Waals surface area contributed by atoms with Gasteiger partial charge in [-0.05, 0) is 18.4 Å². The van der Waals surface area contributed by atoms with Gasteiger partial charge in [0.2, 0.25) is 0 Å². The number of H-pyrrole nitrogens is 1. The Morgan fingerprint density at radius 1 is 1.39 bits per heavy atom. The van der Waals surface area contributed by atoms with Crippen molar-refractivity contribution in [3.8, 4) is 0 Å². The first-order chi connectivity index (χ1) is 11.0. The minimum atomic E-state index is -1.42. The van der Waals surface area contributed by atoms with Gasteiger partial charge < -0.3 is 20.1 Å². The summed E-state index contributed by atoms with van der Waals surface area (Å²) in [5.41, 5.74) is 7.06. The summed E-state index contributed by atoms with van der Waals surface area (Å²) in [5, 5.41) is 32.1. The van der Waals surface area contributed by atoms with Crippen LogP contribution in [0, 0.1) is 0 Å². The number of nitrogens with one attached hydrogen (secondary N) is 1. The molecule has 0 radical (unpaired) electrons. The van der Waals surface area contributed by atoms with Crippen molar-refractivity contribution in [3.05, 3.63) is 43.0 Å². The normalized spacial score (nSPS) is 26.9. The maximum Gasteiger partial charge on any atom is 0.330 e. The van der Waals surface area contributed by atoms with Crippen molar-refractivity contribution in [2.24, 2.45) is 5.11 Å². The molecule has 11 nitrogen and oxygen atoms in total. The van der Waals surface area contributed by atoms with Crippen molar-refractivity contribution in [3.63, 3.8) is 0 Å². The van der Waals surface area contributed by atoms with Gasteiger partial charge in [-0.1, -0.05) is 5.11 Å². The van der Waals surface area contributed by atoms with E-state index in [0.717, 1.165) is 4.57 Å². The molecule has 1 aromatic heterocycles. The highest BCUT2D eigenvalue weighted by Gasteiger charge is 2.43. The second-order valence-electron chi connectivity index (χ2n) is 5.11. The molecule has 11 heteroatoms. The molecule has 1 fully saturated rings. The highest BCUT2D eigenvalue weighted by Crippen LogP contribution is 2.27. The van der Waals surface area contributed by atoms with Gasteiger partial charge in [0.05, 0.1) is 6.61 Å². The van der Waals surface area contributed by atoms with Crippen LogP contribution < -0.4 is 11.2 Å². The molecule has 0 spiro atoms. The van der Waals surface area contributed by atoms with Crippen LogP contribution in [0.4, 0.5) is 0 Å². The molecule has 0 aromatic carbocycles. The zero-order valence-electron chi connectivity index (χ0n) is 12.1. The average molecular weight is 327 g/mol. The van der Waals surface area contributed by atoms with Crippen molar-refractivity contribution in [2.45, 2.75) is 37.4 Å². The molecule has 1 aliphatic rings. The molecule has 1 aromatic rings. The van der Waals surface area contributed by atoms with E-state index in [0.29, 0.717) is 6.42 Å². The van der Waals surface area contributed by atoms with Crippen molar-refractivity contribution in [2.75, 3.05) is 13.2 Å². The van der Waals surface area contributed by atoms with E-state index in [9.17, 15) is 19.8 Å². The monoisotopic (exact) mass is 327 g/mol. The Bertz CT molecular complexity index is 709. The van der Waals surface area contributed by atoms with Gasteiger partial charge in [0.1, 0.15) is 18.3 Å². The van der Waals surface area contributed by atoms with Gasteiger partial charge in [0, 0.05) is 23.2 Å². The van der Waals surface area contributed by atoms with E-state index < -0.39 is 42.4 Å². The van der Waals surface area contributed by atoms with Crippen molar-refractivity contribution < 1.29 is 20.1 Å². The second kappa shape index (κ2) is 7.40. The van der Waals surface area contributed by atoms with Gasteiger partial charge in [-0.25, -0.2) is 4.79 Å².